The first-order chi connectivity index (χ1) is 11.5. The normalized spacial score (nSPS) is 10.7. The van der Waals surface area contributed by atoms with Crippen molar-refractivity contribution >= 4 is 28.4 Å². The number of pyridine rings is 2. The van der Waals surface area contributed by atoms with E-state index >= 15 is 0 Å². The molecule has 0 aliphatic heterocycles. The van der Waals surface area contributed by atoms with Gasteiger partial charge in [-0.1, -0.05) is 6.07 Å². The zero-order valence-electron chi connectivity index (χ0n) is 13.6. The Kier molecular flexibility index (Phi) is 4.12. The monoisotopic (exact) mass is 325 g/mol. The molecule has 0 atom stereocenters. The Bertz CT molecular complexity index is 941. The molecule has 0 saturated heterocycles. The van der Waals surface area contributed by atoms with Gasteiger partial charge < -0.3 is 10.1 Å². The maximum Gasteiger partial charge on any atom is 0.341 e. The third-order valence-corrected chi connectivity index (χ3v) is 3.72. The highest BCUT2D eigenvalue weighted by molar-refractivity contribution is 6.05. The lowest BCUT2D eigenvalue weighted by atomic mass is 10.1. The van der Waals surface area contributed by atoms with Gasteiger partial charge in [0.1, 0.15) is 11.4 Å². The van der Waals surface area contributed by atoms with E-state index in [-0.39, 0.29) is 11.4 Å². The predicted molar refractivity (Wildman–Crippen MR) is 90.0 cm³/mol. The minimum Gasteiger partial charge on any atom is -0.465 e. The lowest BCUT2D eigenvalue weighted by molar-refractivity contribution is 0.0601. The lowest BCUT2D eigenvalue weighted by Gasteiger charge is -2.14. The molecular weight excluding hydrogens is 309 g/mol. The molecule has 122 valence electrons. The van der Waals surface area contributed by atoms with Crippen molar-refractivity contribution in [3.05, 3.63) is 59.2 Å². The highest BCUT2D eigenvalue weighted by atomic mass is 19.1. The van der Waals surface area contributed by atoms with Gasteiger partial charge in [0.05, 0.1) is 12.8 Å². The van der Waals surface area contributed by atoms with E-state index < -0.39 is 5.97 Å². The third-order valence-electron chi connectivity index (χ3n) is 3.72. The Morgan fingerprint density at radius 1 is 1.21 bits per heavy atom. The molecule has 24 heavy (non-hydrogen) atoms. The second-order valence-corrected chi connectivity index (χ2v) is 5.45. The molecule has 3 rings (SSSR count). The van der Waals surface area contributed by atoms with E-state index in [0.717, 1.165) is 5.69 Å². The van der Waals surface area contributed by atoms with Crippen molar-refractivity contribution in [3.8, 4) is 0 Å². The Morgan fingerprint density at radius 3 is 2.71 bits per heavy atom. The molecule has 2 aromatic heterocycles. The number of hydrogen-bond donors (Lipinski definition) is 1. The fraction of sp³-hybridized carbons (Fsp3) is 0.167. The number of nitrogens with one attached hydrogen (secondary N) is 1. The molecule has 0 spiro atoms. The van der Waals surface area contributed by atoms with Gasteiger partial charge in [0.2, 0.25) is 0 Å². The minimum absolute atomic E-state index is 0.261. The van der Waals surface area contributed by atoms with Crippen LogP contribution in [0.5, 0.6) is 0 Å². The van der Waals surface area contributed by atoms with E-state index in [1.165, 1.54) is 19.4 Å². The molecule has 1 aromatic carbocycles. The van der Waals surface area contributed by atoms with Crippen molar-refractivity contribution in [3.63, 3.8) is 0 Å². The molecular formula is C18H16FN3O2. The summed E-state index contributed by atoms with van der Waals surface area (Å²) in [6.07, 6.45) is 1.41. The van der Waals surface area contributed by atoms with Crippen LogP contribution in [-0.4, -0.2) is 23.0 Å². The van der Waals surface area contributed by atoms with Gasteiger partial charge in [0.25, 0.3) is 0 Å². The van der Waals surface area contributed by atoms with Crippen molar-refractivity contribution in [2.24, 2.45) is 0 Å². The number of rotatable bonds is 3. The number of carbonyl (C=O) groups excluding carboxylic acids is 1. The van der Waals surface area contributed by atoms with Gasteiger partial charge in [-0.25, -0.2) is 19.2 Å². The standard InChI is InChI=1S/C18H16FN3O2/c1-10-4-6-12(8-15(10)19)22-16-13-7-5-11(2)21-17(13)20-9-14(16)18(23)24-3/h4-9H,1-3H3,(H,20,21,22). The fourth-order valence-electron chi connectivity index (χ4n) is 2.39. The first kappa shape index (κ1) is 15.9. The number of benzene rings is 1. The van der Waals surface area contributed by atoms with E-state index in [1.807, 2.05) is 19.1 Å². The number of carbonyl (C=O) groups is 1. The van der Waals surface area contributed by atoms with Crippen LogP contribution in [0.25, 0.3) is 11.0 Å². The number of esters is 1. The van der Waals surface area contributed by atoms with Gasteiger partial charge in [-0.3, -0.25) is 0 Å². The maximum atomic E-state index is 13.8. The van der Waals surface area contributed by atoms with Crippen LogP contribution in [-0.2, 0) is 4.74 Å². The third kappa shape index (κ3) is 2.90. The van der Waals surface area contributed by atoms with Crippen molar-refractivity contribution in [2.45, 2.75) is 13.8 Å². The molecule has 5 nitrogen and oxygen atoms in total. The van der Waals surface area contributed by atoms with Crippen molar-refractivity contribution in [1.82, 2.24) is 9.97 Å². The van der Waals surface area contributed by atoms with Gasteiger partial charge in [-0.05, 0) is 43.7 Å². The van der Waals surface area contributed by atoms with E-state index in [1.54, 1.807) is 19.1 Å². The van der Waals surface area contributed by atoms with Crippen LogP contribution in [0.3, 0.4) is 0 Å². The lowest BCUT2D eigenvalue weighted by Crippen LogP contribution is -2.08. The first-order valence-electron chi connectivity index (χ1n) is 7.37. The molecule has 6 heteroatoms. The Labute approximate surface area is 138 Å². The number of aryl methyl sites for hydroxylation is 2. The summed E-state index contributed by atoms with van der Waals surface area (Å²) in [7, 11) is 1.30. The number of halogens is 1. The average Bonchev–Trinajstić information content (AvgIpc) is 2.57. The summed E-state index contributed by atoms with van der Waals surface area (Å²) in [6.45, 7) is 3.55. The van der Waals surface area contributed by atoms with Gasteiger partial charge in [0, 0.05) is 23.0 Å². The topological polar surface area (TPSA) is 64.1 Å². The van der Waals surface area contributed by atoms with E-state index in [4.69, 9.17) is 4.74 Å². The van der Waals surface area contributed by atoms with Crippen LogP contribution in [0.2, 0.25) is 0 Å². The molecule has 0 radical (unpaired) electrons. The zero-order chi connectivity index (χ0) is 17.3. The Morgan fingerprint density at radius 2 is 2.00 bits per heavy atom. The second kappa shape index (κ2) is 6.23. The molecule has 0 fully saturated rings. The molecule has 0 saturated carbocycles. The van der Waals surface area contributed by atoms with Gasteiger partial charge in [-0.2, -0.15) is 0 Å². The quantitative estimate of drug-likeness (QED) is 0.740. The summed E-state index contributed by atoms with van der Waals surface area (Å²) in [6, 6.07) is 8.44. The van der Waals surface area contributed by atoms with Crippen LogP contribution in [0, 0.1) is 19.7 Å². The van der Waals surface area contributed by atoms with Crippen molar-refractivity contribution in [1.29, 1.82) is 0 Å². The van der Waals surface area contributed by atoms with Crippen LogP contribution >= 0.6 is 0 Å². The number of anilines is 2. The molecule has 0 aliphatic rings. The summed E-state index contributed by atoms with van der Waals surface area (Å²) in [5.74, 6) is -0.855. The fourth-order valence-corrected chi connectivity index (χ4v) is 2.39. The number of methoxy groups -OCH3 is 1. The predicted octanol–water partition coefficient (Wildman–Crippen LogP) is 3.92. The zero-order valence-corrected chi connectivity index (χ0v) is 13.6. The van der Waals surface area contributed by atoms with E-state index in [0.29, 0.717) is 28.0 Å². The molecule has 0 aliphatic carbocycles. The van der Waals surface area contributed by atoms with Gasteiger partial charge >= 0.3 is 5.97 Å². The summed E-state index contributed by atoms with van der Waals surface area (Å²) < 4.78 is 18.6. The smallest absolute Gasteiger partial charge is 0.341 e. The maximum absolute atomic E-state index is 13.8. The first-order valence-corrected chi connectivity index (χ1v) is 7.37. The van der Waals surface area contributed by atoms with Crippen LogP contribution < -0.4 is 5.32 Å². The number of aromatic nitrogens is 2. The van der Waals surface area contributed by atoms with E-state index in [9.17, 15) is 9.18 Å². The molecule has 2 heterocycles. The number of fused-ring (bicyclic) bond motifs is 1. The van der Waals surface area contributed by atoms with Crippen LogP contribution in [0.4, 0.5) is 15.8 Å². The SMILES string of the molecule is COC(=O)c1cnc2nc(C)ccc2c1Nc1ccc(C)c(F)c1. The van der Waals surface area contributed by atoms with Crippen molar-refractivity contribution in [2.75, 3.05) is 12.4 Å². The summed E-state index contributed by atoms with van der Waals surface area (Å²) in [5.41, 5.74) is 3.13. The summed E-state index contributed by atoms with van der Waals surface area (Å²) >= 11 is 0. The summed E-state index contributed by atoms with van der Waals surface area (Å²) in [4.78, 5) is 20.6. The second-order valence-electron chi connectivity index (χ2n) is 5.45. The Hall–Kier alpha value is -3.02. The highest BCUT2D eigenvalue weighted by Crippen LogP contribution is 2.29. The number of nitrogens with zero attached hydrogens (tertiary/aromatic N) is 2. The molecule has 0 amide bonds. The molecule has 0 bridgehead atoms. The Balaban J connectivity index is 2.18. The van der Waals surface area contributed by atoms with Crippen LogP contribution in [0.15, 0.2) is 36.5 Å². The van der Waals surface area contributed by atoms with Crippen LogP contribution in [0.1, 0.15) is 21.6 Å². The van der Waals surface area contributed by atoms with Gasteiger partial charge in [-0.15, -0.1) is 0 Å². The molecule has 1 N–H and O–H groups in total. The van der Waals surface area contributed by atoms with Gasteiger partial charge in [0.15, 0.2) is 5.65 Å². The van der Waals surface area contributed by atoms with Crippen molar-refractivity contribution < 1.29 is 13.9 Å². The number of hydrogen-bond acceptors (Lipinski definition) is 5. The summed E-state index contributed by atoms with van der Waals surface area (Å²) in [5, 5.41) is 3.75. The van der Waals surface area contributed by atoms with E-state index in [2.05, 4.69) is 15.3 Å². The largest absolute Gasteiger partial charge is 0.465 e. The molecule has 3 aromatic rings. The highest BCUT2D eigenvalue weighted by Gasteiger charge is 2.17. The number of ether oxygens (including phenoxy) is 1. The molecule has 0 unspecified atom stereocenters. The minimum atomic E-state index is -0.528. The average molecular weight is 325 g/mol.